The second-order valence-electron chi connectivity index (χ2n) is 0.448. The summed E-state index contributed by atoms with van der Waals surface area (Å²) in [7, 11) is -4.67. The van der Waals surface area contributed by atoms with Gasteiger partial charge in [0.15, 0.2) is 0 Å². The first-order valence-electron chi connectivity index (χ1n) is 0.698. The summed E-state index contributed by atoms with van der Waals surface area (Å²) in [5.74, 6) is 0. The van der Waals surface area contributed by atoms with Gasteiger partial charge in [-0.3, -0.25) is 9.11 Å². The van der Waals surface area contributed by atoms with E-state index >= 15 is 0 Å². The van der Waals surface area contributed by atoms with E-state index in [1.807, 2.05) is 0 Å². The molecule has 0 atom stereocenters. The van der Waals surface area contributed by atoms with Crippen molar-refractivity contribution in [1.82, 2.24) is 0 Å². The molecular formula is H2CdNiO4S. The van der Waals surface area contributed by atoms with Crippen molar-refractivity contribution in [2.45, 2.75) is 0 Å². The molecule has 7 heavy (non-hydrogen) atoms. The van der Waals surface area contributed by atoms with Crippen LogP contribution in [-0.2, 0) is 54.2 Å². The van der Waals surface area contributed by atoms with Gasteiger partial charge in [0.1, 0.15) is 0 Å². The van der Waals surface area contributed by atoms with Crippen molar-refractivity contribution in [2.24, 2.45) is 0 Å². The molecule has 2 N–H and O–H groups in total. The minimum Gasteiger partial charge on any atom is -0.264 e. The van der Waals surface area contributed by atoms with Crippen LogP contribution in [0.3, 0.4) is 0 Å². The molecule has 0 fully saturated rings. The predicted octanol–water partition coefficient (Wildman–Crippen LogP) is -0.658. The Labute approximate surface area is 71.3 Å². The molecule has 0 aromatic rings. The van der Waals surface area contributed by atoms with Gasteiger partial charge in [-0.05, 0) is 0 Å². The maximum atomic E-state index is 8.74. The van der Waals surface area contributed by atoms with Gasteiger partial charge in [0.25, 0.3) is 0 Å². The van der Waals surface area contributed by atoms with E-state index in [0.29, 0.717) is 0 Å². The molecule has 0 saturated carbocycles. The summed E-state index contributed by atoms with van der Waals surface area (Å²) in [5, 5.41) is 0. The maximum absolute atomic E-state index is 8.74. The van der Waals surface area contributed by atoms with Gasteiger partial charge in [0, 0.05) is 43.8 Å². The summed E-state index contributed by atoms with van der Waals surface area (Å²) in [4.78, 5) is 0. The summed E-state index contributed by atoms with van der Waals surface area (Å²) in [6.45, 7) is 0. The molecule has 0 radical (unpaired) electrons. The third kappa shape index (κ3) is 123. The van der Waals surface area contributed by atoms with Crippen molar-refractivity contribution in [3.8, 4) is 0 Å². The average Bonchev–Trinajstić information content (AvgIpc) is 0.722. The van der Waals surface area contributed by atoms with Gasteiger partial charge in [0.2, 0.25) is 0 Å². The molecule has 0 spiro atoms. The van der Waals surface area contributed by atoms with Crippen molar-refractivity contribution >= 4 is 10.4 Å². The Kier molecular flexibility index (Phi) is 12.2. The van der Waals surface area contributed by atoms with E-state index in [1.165, 1.54) is 0 Å². The quantitative estimate of drug-likeness (QED) is 0.452. The molecule has 7 heteroatoms. The first-order valence-corrected chi connectivity index (χ1v) is 2.10. The molecule has 0 rings (SSSR count). The van der Waals surface area contributed by atoms with E-state index in [-0.39, 0.29) is 43.8 Å². The molecule has 0 aliphatic rings. The summed E-state index contributed by atoms with van der Waals surface area (Å²) in [6.07, 6.45) is 0. The Morgan fingerprint density at radius 3 is 1.14 bits per heavy atom. The van der Waals surface area contributed by atoms with Gasteiger partial charge in [-0.1, -0.05) is 0 Å². The van der Waals surface area contributed by atoms with Gasteiger partial charge in [0.05, 0.1) is 0 Å². The van der Waals surface area contributed by atoms with Crippen LogP contribution in [0, 0.1) is 0 Å². The Morgan fingerprint density at radius 2 is 1.14 bits per heavy atom. The summed E-state index contributed by atoms with van der Waals surface area (Å²) >= 11 is 0. The van der Waals surface area contributed by atoms with Gasteiger partial charge in [-0.25, -0.2) is 0 Å². The standard InChI is InChI=1S/Cd.Ni.H2O4S/c;;1-5(2,3)4/h;;(H2,1,2,3,4). The van der Waals surface area contributed by atoms with Crippen molar-refractivity contribution < 1.29 is 61.3 Å². The van der Waals surface area contributed by atoms with Crippen LogP contribution in [0.25, 0.3) is 0 Å². The fourth-order valence-electron chi connectivity index (χ4n) is 0. The first kappa shape index (κ1) is 15.7. The second-order valence-corrected chi connectivity index (χ2v) is 1.34. The van der Waals surface area contributed by atoms with Gasteiger partial charge in [-0.15, -0.1) is 0 Å². The number of rotatable bonds is 0. The van der Waals surface area contributed by atoms with Crippen LogP contribution in [0.15, 0.2) is 0 Å². The van der Waals surface area contributed by atoms with E-state index in [2.05, 4.69) is 0 Å². The molecule has 44 valence electrons. The van der Waals surface area contributed by atoms with Crippen molar-refractivity contribution in [2.75, 3.05) is 0 Å². The molecule has 0 unspecified atom stereocenters. The van der Waals surface area contributed by atoms with Crippen LogP contribution in [0.2, 0.25) is 0 Å². The second kappa shape index (κ2) is 5.42. The van der Waals surface area contributed by atoms with E-state index in [4.69, 9.17) is 17.5 Å². The van der Waals surface area contributed by atoms with E-state index in [0.717, 1.165) is 0 Å². The first-order chi connectivity index (χ1) is 2.00. The number of hydrogen-bond donors (Lipinski definition) is 2. The third-order valence-electron chi connectivity index (χ3n) is 0. The van der Waals surface area contributed by atoms with Crippen molar-refractivity contribution in [3.63, 3.8) is 0 Å². The van der Waals surface area contributed by atoms with Crippen LogP contribution >= 0.6 is 0 Å². The zero-order valence-corrected chi connectivity index (χ0v) is 8.98. The molecule has 0 amide bonds. The van der Waals surface area contributed by atoms with Crippen LogP contribution in [0.4, 0.5) is 0 Å². The van der Waals surface area contributed by atoms with Crippen LogP contribution < -0.4 is 0 Å². The zero-order chi connectivity index (χ0) is 4.50. The maximum Gasteiger partial charge on any atom is 0.394 e. The van der Waals surface area contributed by atoms with E-state index in [1.54, 1.807) is 0 Å². The Hall–Kier alpha value is 1.29. The molecule has 0 heterocycles. The van der Waals surface area contributed by atoms with Crippen molar-refractivity contribution in [1.29, 1.82) is 0 Å². The zero-order valence-electron chi connectivity index (χ0n) is 3.14. The topological polar surface area (TPSA) is 74.6 Å². The molecular weight excluding hydrogens is 267 g/mol. The molecule has 0 aliphatic heterocycles. The molecule has 0 aromatic heterocycles. The predicted molar refractivity (Wildman–Crippen MR) is 14.2 cm³/mol. The van der Waals surface area contributed by atoms with Crippen molar-refractivity contribution in [3.05, 3.63) is 0 Å². The fraction of sp³-hybridized carbons (Fsp3) is 0. The smallest absolute Gasteiger partial charge is 0.264 e. The van der Waals surface area contributed by atoms with Crippen LogP contribution in [-0.4, -0.2) is 17.5 Å². The molecule has 0 saturated heterocycles. The van der Waals surface area contributed by atoms with Gasteiger partial charge in [-0.2, -0.15) is 8.42 Å². The molecule has 0 aliphatic carbocycles. The minimum absolute atomic E-state index is 0. The Morgan fingerprint density at radius 1 is 1.14 bits per heavy atom. The van der Waals surface area contributed by atoms with Crippen LogP contribution in [0.5, 0.6) is 0 Å². The summed E-state index contributed by atoms with van der Waals surface area (Å²) in [5.41, 5.74) is 0. The summed E-state index contributed by atoms with van der Waals surface area (Å²) < 4.78 is 31.6. The summed E-state index contributed by atoms with van der Waals surface area (Å²) in [6, 6.07) is 0. The molecule has 0 aromatic carbocycles. The Bertz CT molecular complexity index is 94.9. The average molecular weight is 269 g/mol. The minimum atomic E-state index is -4.67. The Balaban J connectivity index is -0.0000000800. The van der Waals surface area contributed by atoms with E-state index in [9.17, 15) is 0 Å². The monoisotopic (exact) mass is 270 g/mol. The largest absolute Gasteiger partial charge is 0.394 e. The molecule has 4 nitrogen and oxygen atoms in total. The fourth-order valence-corrected chi connectivity index (χ4v) is 0. The number of hydrogen-bond acceptors (Lipinski definition) is 2. The molecule has 0 bridgehead atoms. The van der Waals surface area contributed by atoms with E-state index < -0.39 is 10.4 Å². The van der Waals surface area contributed by atoms with Crippen LogP contribution in [0.1, 0.15) is 0 Å². The van der Waals surface area contributed by atoms with Gasteiger partial charge >= 0.3 is 10.4 Å². The SMILES string of the molecule is O=S(=O)(O)O.[Cd].[Ni]. The van der Waals surface area contributed by atoms with Gasteiger partial charge < -0.3 is 0 Å². The third-order valence-corrected chi connectivity index (χ3v) is 0. The normalized spacial score (nSPS) is 8.29.